The predicted molar refractivity (Wildman–Crippen MR) is 137 cm³/mol. The number of hydrogen-bond donors (Lipinski definition) is 1. The van der Waals surface area contributed by atoms with Crippen LogP contribution in [0.5, 0.6) is 11.9 Å². The third-order valence-corrected chi connectivity index (χ3v) is 6.10. The van der Waals surface area contributed by atoms with Crippen LogP contribution < -0.4 is 19.7 Å². The van der Waals surface area contributed by atoms with E-state index in [0.717, 1.165) is 0 Å². The lowest BCUT2D eigenvalue weighted by Crippen LogP contribution is -2.50. The first-order valence-electron chi connectivity index (χ1n) is 13.0. The van der Waals surface area contributed by atoms with E-state index in [1.54, 1.807) is 12.2 Å². The number of ether oxygens (including phenoxy) is 3. The zero-order valence-electron chi connectivity index (χ0n) is 23.8. The summed E-state index contributed by atoms with van der Waals surface area (Å²) in [6.45, 7) is 11.1. The van der Waals surface area contributed by atoms with Gasteiger partial charge in [-0.3, -0.25) is 0 Å². The molecule has 1 aliphatic carbocycles. The maximum absolute atomic E-state index is 14.9. The Bertz CT molecular complexity index is 1300. The number of aromatic nitrogens is 4. The van der Waals surface area contributed by atoms with Gasteiger partial charge in [-0.05, 0) is 61.3 Å². The number of nitrogens with one attached hydrogen (secondary N) is 1. The maximum atomic E-state index is 14.9. The first-order valence-corrected chi connectivity index (χ1v) is 13.0. The lowest BCUT2D eigenvalue weighted by atomic mass is 10.1. The monoisotopic (exact) mass is 588 g/mol. The Morgan fingerprint density at radius 2 is 1.66 bits per heavy atom. The summed E-state index contributed by atoms with van der Waals surface area (Å²) in [5.41, 5.74) is -3.05. The fourth-order valence-corrected chi connectivity index (χ4v) is 4.08. The van der Waals surface area contributed by atoms with Crippen LogP contribution in [0.15, 0.2) is 12.3 Å². The smallest absolute Gasteiger partial charge is 0.411 e. The fourth-order valence-electron chi connectivity index (χ4n) is 4.08. The van der Waals surface area contributed by atoms with Gasteiger partial charge in [0.05, 0.1) is 24.3 Å². The second-order valence-electron chi connectivity index (χ2n) is 12.2. The summed E-state index contributed by atoms with van der Waals surface area (Å²) in [6.07, 6.45) is -7.48. The maximum Gasteiger partial charge on any atom is 0.411 e. The van der Waals surface area contributed by atoms with Crippen LogP contribution in [0, 0.1) is 6.92 Å². The Balaban J connectivity index is 1.59. The molecule has 3 heterocycles. The average molecular weight is 589 g/mol. The molecule has 1 aliphatic heterocycles. The van der Waals surface area contributed by atoms with Gasteiger partial charge in [-0.25, -0.2) is 28.5 Å². The normalized spacial score (nSPS) is 20.0. The number of amides is 1. The van der Waals surface area contributed by atoms with Crippen molar-refractivity contribution in [3.63, 3.8) is 0 Å². The molecule has 1 saturated heterocycles. The standard InChI is InChI=1S/C26H33F5N6O4/c1-14-33-16(15-11-32-20(41-23(5,6)7)35-19(15)40-22(2,3)4)10-18(34-14)37-12-17(25(27,28)13-37)39-21(38)36-24(8-9-24)26(29,30)31/h10-11,17H,8-9,12-13H2,1-7H3,(H,36,38). The quantitative estimate of drug-likeness (QED) is 0.453. The number of alkyl halides is 5. The molecule has 10 nitrogen and oxygen atoms in total. The van der Waals surface area contributed by atoms with Gasteiger partial charge < -0.3 is 24.4 Å². The van der Waals surface area contributed by atoms with Gasteiger partial charge in [0.1, 0.15) is 28.4 Å². The van der Waals surface area contributed by atoms with E-state index in [1.807, 2.05) is 41.5 Å². The lowest BCUT2D eigenvalue weighted by molar-refractivity contribution is -0.165. The second-order valence-corrected chi connectivity index (χ2v) is 12.2. The third-order valence-electron chi connectivity index (χ3n) is 6.10. The van der Waals surface area contributed by atoms with Crippen LogP contribution in [-0.4, -0.2) is 74.1 Å². The van der Waals surface area contributed by atoms with Gasteiger partial charge in [0, 0.05) is 12.3 Å². The number of rotatable bonds is 6. The molecule has 1 N–H and O–H groups in total. The number of halogens is 5. The van der Waals surface area contributed by atoms with Gasteiger partial charge >= 0.3 is 24.2 Å². The highest BCUT2D eigenvalue weighted by Crippen LogP contribution is 2.49. The van der Waals surface area contributed by atoms with E-state index in [4.69, 9.17) is 14.2 Å². The van der Waals surface area contributed by atoms with Crippen molar-refractivity contribution in [2.24, 2.45) is 0 Å². The predicted octanol–water partition coefficient (Wildman–Crippen LogP) is 5.24. The Hall–Kier alpha value is -3.52. The van der Waals surface area contributed by atoms with Crippen LogP contribution in [-0.2, 0) is 4.74 Å². The lowest BCUT2D eigenvalue weighted by Gasteiger charge is -2.24. The van der Waals surface area contributed by atoms with Crippen LogP contribution in [0.4, 0.5) is 32.6 Å². The Morgan fingerprint density at radius 3 is 2.22 bits per heavy atom. The van der Waals surface area contributed by atoms with E-state index in [9.17, 15) is 26.7 Å². The van der Waals surface area contributed by atoms with Gasteiger partial charge in [-0.15, -0.1) is 0 Å². The van der Waals surface area contributed by atoms with Crippen molar-refractivity contribution >= 4 is 11.9 Å². The number of carbonyl (C=O) groups is 1. The van der Waals surface area contributed by atoms with E-state index >= 15 is 0 Å². The van der Waals surface area contributed by atoms with Crippen molar-refractivity contribution in [2.45, 2.75) is 96.3 Å². The second kappa shape index (κ2) is 10.1. The van der Waals surface area contributed by atoms with Crippen LogP contribution in [0.3, 0.4) is 0 Å². The molecule has 2 aromatic heterocycles. The molecule has 1 atom stereocenters. The van der Waals surface area contributed by atoms with E-state index in [2.05, 4.69) is 19.9 Å². The van der Waals surface area contributed by atoms with Crippen molar-refractivity contribution in [2.75, 3.05) is 18.0 Å². The first-order chi connectivity index (χ1) is 18.7. The summed E-state index contributed by atoms with van der Waals surface area (Å²) >= 11 is 0. The molecule has 0 bridgehead atoms. The summed E-state index contributed by atoms with van der Waals surface area (Å²) in [5.74, 6) is -3.08. The summed E-state index contributed by atoms with van der Waals surface area (Å²) in [6, 6.07) is 1.51. The van der Waals surface area contributed by atoms with Crippen molar-refractivity contribution in [1.82, 2.24) is 25.3 Å². The van der Waals surface area contributed by atoms with Crippen LogP contribution in [0.25, 0.3) is 11.3 Å². The van der Waals surface area contributed by atoms with Crippen LogP contribution in [0.1, 0.15) is 60.2 Å². The first kappa shape index (κ1) is 30.4. The molecule has 1 saturated carbocycles. The Kier molecular flexibility index (Phi) is 7.49. The van der Waals surface area contributed by atoms with Crippen molar-refractivity contribution in [1.29, 1.82) is 0 Å². The average Bonchev–Trinajstić information content (AvgIpc) is 3.50. The van der Waals surface area contributed by atoms with Gasteiger partial charge in [-0.2, -0.15) is 18.2 Å². The molecular weight excluding hydrogens is 555 g/mol. The van der Waals surface area contributed by atoms with Crippen molar-refractivity contribution in [3.8, 4) is 23.1 Å². The number of aryl methyl sites for hydroxylation is 1. The number of anilines is 1. The number of carbonyl (C=O) groups excluding carboxylic acids is 1. The van der Waals surface area contributed by atoms with Gasteiger partial charge in [0.25, 0.3) is 0 Å². The van der Waals surface area contributed by atoms with Crippen LogP contribution >= 0.6 is 0 Å². The summed E-state index contributed by atoms with van der Waals surface area (Å²) < 4.78 is 85.8. The molecule has 0 radical (unpaired) electrons. The number of nitrogens with zero attached hydrogens (tertiary/aromatic N) is 5. The number of alkyl carbamates (subject to hydrolysis) is 1. The minimum atomic E-state index is -4.71. The van der Waals surface area contributed by atoms with E-state index in [1.165, 1.54) is 17.2 Å². The topological polar surface area (TPSA) is 112 Å². The van der Waals surface area contributed by atoms with E-state index in [-0.39, 0.29) is 42.1 Å². The van der Waals surface area contributed by atoms with Gasteiger partial charge in [0.2, 0.25) is 5.88 Å². The van der Waals surface area contributed by atoms with Crippen LogP contribution in [0.2, 0.25) is 0 Å². The fraction of sp³-hybridized carbons (Fsp3) is 0.654. The summed E-state index contributed by atoms with van der Waals surface area (Å²) in [4.78, 5) is 30.7. The molecule has 1 amide bonds. The molecule has 41 heavy (non-hydrogen) atoms. The molecule has 0 spiro atoms. The molecule has 15 heteroatoms. The van der Waals surface area contributed by atoms with E-state index in [0.29, 0.717) is 5.56 Å². The molecule has 2 fully saturated rings. The molecule has 4 rings (SSSR count). The van der Waals surface area contributed by atoms with Crippen molar-refractivity contribution in [3.05, 3.63) is 18.1 Å². The zero-order chi connectivity index (χ0) is 30.6. The molecule has 2 aromatic rings. The molecule has 0 aromatic carbocycles. The summed E-state index contributed by atoms with van der Waals surface area (Å²) in [7, 11) is 0. The zero-order valence-corrected chi connectivity index (χ0v) is 23.8. The SMILES string of the molecule is Cc1nc(-c2cnc(OC(C)(C)C)nc2OC(C)(C)C)cc(N2CC(OC(=O)NC3(C(F)(F)F)CC3)C(F)(F)C2)n1. The minimum absolute atomic E-state index is 0.0717. The molecule has 226 valence electrons. The minimum Gasteiger partial charge on any atom is -0.471 e. The highest BCUT2D eigenvalue weighted by molar-refractivity contribution is 5.70. The molecule has 1 unspecified atom stereocenters. The highest BCUT2D eigenvalue weighted by atomic mass is 19.4. The molecule has 2 aliphatic rings. The largest absolute Gasteiger partial charge is 0.471 e. The highest BCUT2D eigenvalue weighted by Gasteiger charge is 2.65. The third kappa shape index (κ3) is 7.22. The Morgan fingerprint density at radius 1 is 1.02 bits per heavy atom. The van der Waals surface area contributed by atoms with Gasteiger partial charge in [0.15, 0.2) is 6.10 Å². The number of hydrogen-bond acceptors (Lipinski definition) is 9. The van der Waals surface area contributed by atoms with E-state index < -0.39 is 54.1 Å². The molecular formula is C26H33F5N6O4. The van der Waals surface area contributed by atoms with Crippen molar-refractivity contribution < 1.29 is 41.0 Å². The summed E-state index contributed by atoms with van der Waals surface area (Å²) in [5, 5.41) is 1.71. The Labute approximate surface area is 234 Å². The van der Waals surface area contributed by atoms with Gasteiger partial charge in [-0.1, -0.05) is 0 Å².